The van der Waals surface area contributed by atoms with Crippen LogP contribution < -0.4 is 5.32 Å². The van der Waals surface area contributed by atoms with Crippen LogP contribution in [0.3, 0.4) is 0 Å². The summed E-state index contributed by atoms with van der Waals surface area (Å²) < 4.78 is 1.87. The van der Waals surface area contributed by atoms with Gasteiger partial charge in [0.2, 0.25) is 0 Å². The summed E-state index contributed by atoms with van der Waals surface area (Å²) in [6.45, 7) is 0. The molecule has 0 spiro atoms. The third-order valence-corrected chi connectivity index (χ3v) is 5.55. The molecule has 0 radical (unpaired) electrons. The molecule has 0 aliphatic rings. The second-order valence-corrected chi connectivity index (χ2v) is 7.67. The van der Waals surface area contributed by atoms with Crippen molar-refractivity contribution >= 4 is 23.4 Å². The van der Waals surface area contributed by atoms with E-state index in [1.807, 2.05) is 78.3 Å². The van der Waals surface area contributed by atoms with E-state index in [0.29, 0.717) is 5.56 Å². The average molecular weight is 401 g/mol. The summed E-state index contributed by atoms with van der Waals surface area (Å²) in [7, 11) is 1.91. The Labute approximate surface area is 173 Å². The lowest BCUT2D eigenvalue weighted by Gasteiger charge is -2.11. The van der Waals surface area contributed by atoms with Crippen molar-refractivity contribution < 1.29 is 4.79 Å². The van der Waals surface area contributed by atoms with Crippen molar-refractivity contribution in [2.45, 2.75) is 16.5 Å². The first-order valence-corrected chi connectivity index (χ1v) is 10.1. The maximum atomic E-state index is 12.9. The Morgan fingerprint density at radius 1 is 0.966 bits per heavy atom. The molecule has 0 saturated carbocycles. The zero-order valence-electron chi connectivity index (χ0n) is 15.9. The van der Waals surface area contributed by atoms with Crippen LogP contribution in [0, 0.1) is 0 Å². The Balaban J connectivity index is 1.46. The predicted molar refractivity (Wildman–Crippen MR) is 115 cm³/mol. The van der Waals surface area contributed by atoms with Crippen molar-refractivity contribution in [2.75, 3.05) is 5.32 Å². The van der Waals surface area contributed by atoms with Gasteiger partial charge in [0.15, 0.2) is 5.16 Å². The average Bonchev–Trinajstić information content (AvgIpc) is 3.15. The largest absolute Gasteiger partial charge is 0.322 e. The molecule has 29 heavy (non-hydrogen) atoms. The molecule has 144 valence electrons. The van der Waals surface area contributed by atoms with Gasteiger partial charge in [-0.3, -0.25) is 4.79 Å². The van der Waals surface area contributed by atoms with E-state index < -0.39 is 0 Å². The second kappa shape index (κ2) is 8.75. The number of benzene rings is 3. The summed E-state index contributed by atoms with van der Waals surface area (Å²) in [4.78, 5) is 13.9. The molecule has 1 N–H and O–H groups in total. The number of hydrogen-bond acceptors (Lipinski definition) is 4. The molecule has 0 saturated heterocycles. The van der Waals surface area contributed by atoms with Crippen LogP contribution in [0.5, 0.6) is 0 Å². The molecule has 4 aromatic rings. The molecule has 6 heteroatoms. The van der Waals surface area contributed by atoms with E-state index in [2.05, 4.69) is 27.6 Å². The highest BCUT2D eigenvalue weighted by molar-refractivity contribution is 7.99. The molecule has 0 fully saturated rings. The van der Waals surface area contributed by atoms with E-state index in [4.69, 9.17) is 0 Å². The van der Waals surface area contributed by atoms with Crippen molar-refractivity contribution in [1.29, 1.82) is 0 Å². The molecule has 0 aliphatic heterocycles. The number of hydrogen-bond donors (Lipinski definition) is 1. The Morgan fingerprint density at radius 3 is 2.41 bits per heavy atom. The molecule has 0 unspecified atom stereocenters. The van der Waals surface area contributed by atoms with Crippen molar-refractivity contribution in [1.82, 2.24) is 14.8 Å². The van der Waals surface area contributed by atoms with Crippen LogP contribution in [0.25, 0.3) is 0 Å². The van der Waals surface area contributed by atoms with Crippen LogP contribution in [-0.2, 0) is 13.5 Å². The monoisotopic (exact) mass is 400 g/mol. The maximum Gasteiger partial charge on any atom is 0.255 e. The van der Waals surface area contributed by atoms with Crippen LogP contribution in [0.2, 0.25) is 0 Å². The van der Waals surface area contributed by atoms with E-state index in [0.717, 1.165) is 27.7 Å². The van der Waals surface area contributed by atoms with E-state index in [-0.39, 0.29) is 5.91 Å². The lowest BCUT2D eigenvalue weighted by Crippen LogP contribution is -2.14. The topological polar surface area (TPSA) is 59.8 Å². The lowest BCUT2D eigenvalue weighted by atomic mass is 9.99. The van der Waals surface area contributed by atoms with Gasteiger partial charge in [0.05, 0.1) is 0 Å². The SMILES string of the molecule is Cn1cnnc1Sc1ccc(NC(=O)c2ccccc2Cc2ccccc2)cc1. The lowest BCUT2D eigenvalue weighted by molar-refractivity contribution is 0.102. The first-order valence-electron chi connectivity index (χ1n) is 9.24. The number of carbonyl (C=O) groups excluding carboxylic acids is 1. The molecule has 1 amide bonds. The van der Waals surface area contributed by atoms with Crippen molar-refractivity contribution in [3.63, 3.8) is 0 Å². The third-order valence-electron chi connectivity index (χ3n) is 4.49. The van der Waals surface area contributed by atoms with E-state index in [1.54, 1.807) is 6.33 Å². The molecule has 3 aromatic carbocycles. The summed E-state index contributed by atoms with van der Waals surface area (Å²) in [5.41, 5.74) is 3.63. The van der Waals surface area contributed by atoms with Gasteiger partial charge in [0.1, 0.15) is 6.33 Å². The number of aryl methyl sites for hydroxylation is 1. The molecule has 4 rings (SSSR count). The van der Waals surface area contributed by atoms with Crippen molar-refractivity contribution in [3.05, 3.63) is 102 Å². The van der Waals surface area contributed by atoms with Crippen LogP contribution in [0.1, 0.15) is 21.5 Å². The first-order chi connectivity index (χ1) is 14.2. The number of aromatic nitrogens is 3. The molecular weight excluding hydrogens is 380 g/mol. The second-order valence-electron chi connectivity index (χ2n) is 6.62. The number of carbonyl (C=O) groups is 1. The zero-order valence-corrected chi connectivity index (χ0v) is 16.8. The van der Waals surface area contributed by atoms with Crippen molar-refractivity contribution in [2.24, 2.45) is 7.05 Å². The van der Waals surface area contributed by atoms with E-state index >= 15 is 0 Å². The van der Waals surface area contributed by atoms with Crippen LogP contribution in [-0.4, -0.2) is 20.7 Å². The number of rotatable bonds is 6. The minimum absolute atomic E-state index is 0.106. The molecule has 0 aliphatic carbocycles. The Bertz CT molecular complexity index is 1110. The van der Waals surface area contributed by atoms with E-state index in [9.17, 15) is 4.79 Å². The van der Waals surface area contributed by atoms with E-state index in [1.165, 1.54) is 17.3 Å². The molecule has 1 aromatic heterocycles. The van der Waals surface area contributed by atoms with Gasteiger partial charge in [-0.15, -0.1) is 10.2 Å². The highest BCUT2D eigenvalue weighted by atomic mass is 32.2. The Hall–Kier alpha value is -3.38. The molecule has 5 nitrogen and oxygen atoms in total. The normalized spacial score (nSPS) is 10.7. The Morgan fingerprint density at radius 2 is 1.69 bits per heavy atom. The van der Waals surface area contributed by atoms with Gasteiger partial charge in [0, 0.05) is 23.2 Å². The fraction of sp³-hybridized carbons (Fsp3) is 0.0870. The van der Waals surface area contributed by atoms with Gasteiger partial charge in [0.25, 0.3) is 5.91 Å². The summed E-state index contributed by atoms with van der Waals surface area (Å²) in [5.74, 6) is -0.106. The Kier molecular flexibility index (Phi) is 5.72. The van der Waals surface area contributed by atoms with Gasteiger partial charge < -0.3 is 9.88 Å². The quantitative estimate of drug-likeness (QED) is 0.505. The minimum atomic E-state index is -0.106. The number of amides is 1. The van der Waals surface area contributed by atoms with Gasteiger partial charge in [-0.05, 0) is 59.6 Å². The standard InChI is InChI=1S/C23H20N4OS/c1-27-16-24-26-23(27)29-20-13-11-19(12-14-20)25-22(28)21-10-6-5-9-18(21)15-17-7-3-2-4-8-17/h2-14,16H,15H2,1H3,(H,25,28). The smallest absolute Gasteiger partial charge is 0.255 e. The fourth-order valence-electron chi connectivity index (χ4n) is 2.99. The van der Waals surface area contributed by atoms with Gasteiger partial charge >= 0.3 is 0 Å². The highest BCUT2D eigenvalue weighted by Gasteiger charge is 2.12. The number of anilines is 1. The van der Waals surface area contributed by atoms with Crippen LogP contribution in [0.15, 0.2) is 95.2 Å². The summed E-state index contributed by atoms with van der Waals surface area (Å²) in [6, 6.07) is 25.6. The molecule has 0 atom stereocenters. The minimum Gasteiger partial charge on any atom is -0.322 e. The third kappa shape index (κ3) is 4.73. The first kappa shape index (κ1) is 19.0. The molecule has 0 bridgehead atoms. The number of nitrogens with one attached hydrogen (secondary N) is 1. The van der Waals surface area contributed by atoms with Crippen molar-refractivity contribution in [3.8, 4) is 0 Å². The fourth-order valence-corrected chi connectivity index (χ4v) is 3.75. The predicted octanol–water partition coefficient (Wildman–Crippen LogP) is 4.81. The molecular formula is C23H20N4OS. The highest BCUT2D eigenvalue weighted by Crippen LogP contribution is 2.26. The van der Waals surface area contributed by atoms with Crippen LogP contribution in [0.4, 0.5) is 5.69 Å². The maximum absolute atomic E-state index is 12.9. The van der Waals surface area contributed by atoms with Gasteiger partial charge in [-0.2, -0.15) is 0 Å². The summed E-state index contributed by atoms with van der Waals surface area (Å²) >= 11 is 1.53. The summed E-state index contributed by atoms with van der Waals surface area (Å²) in [6.07, 6.45) is 2.39. The van der Waals surface area contributed by atoms with Crippen LogP contribution >= 0.6 is 11.8 Å². The molecule has 1 heterocycles. The zero-order chi connectivity index (χ0) is 20.1. The van der Waals surface area contributed by atoms with Gasteiger partial charge in [-0.25, -0.2) is 0 Å². The van der Waals surface area contributed by atoms with Gasteiger partial charge in [-0.1, -0.05) is 48.5 Å². The number of nitrogens with zero attached hydrogens (tertiary/aromatic N) is 3. The summed E-state index contributed by atoms with van der Waals surface area (Å²) in [5, 5.41) is 11.8.